The standard InChI is InChI=1S/C19H27N3O3/c1-4-25-19(24)22-17(11-14(2)3)13-21-18(23)10-9-15-5-7-16(12-20)8-6-15/h5-8,14,17H,4,9-11,13H2,1-3H3,(H,21,23)(H,22,24). The van der Waals surface area contributed by atoms with Gasteiger partial charge in [0.1, 0.15) is 0 Å². The van der Waals surface area contributed by atoms with E-state index < -0.39 is 6.09 Å². The Kier molecular flexibility index (Phi) is 9.09. The third-order valence-electron chi connectivity index (χ3n) is 3.62. The Hall–Kier alpha value is -2.55. The maximum atomic E-state index is 12.0. The van der Waals surface area contributed by atoms with Gasteiger partial charge in [0, 0.05) is 19.0 Å². The second-order valence-electron chi connectivity index (χ2n) is 6.30. The van der Waals surface area contributed by atoms with Gasteiger partial charge in [-0.25, -0.2) is 4.79 Å². The molecule has 0 heterocycles. The molecule has 1 aromatic rings. The molecule has 1 rings (SSSR count). The lowest BCUT2D eigenvalue weighted by atomic mass is 10.0. The second kappa shape index (κ2) is 11.1. The van der Waals surface area contributed by atoms with Crippen LogP contribution in [0.4, 0.5) is 4.79 Å². The van der Waals surface area contributed by atoms with E-state index in [2.05, 4.69) is 30.6 Å². The molecule has 1 unspecified atom stereocenters. The van der Waals surface area contributed by atoms with E-state index in [-0.39, 0.29) is 11.9 Å². The molecule has 0 aliphatic carbocycles. The van der Waals surface area contributed by atoms with Crippen molar-refractivity contribution in [3.05, 3.63) is 35.4 Å². The van der Waals surface area contributed by atoms with Gasteiger partial charge in [0.05, 0.1) is 18.2 Å². The summed E-state index contributed by atoms with van der Waals surface area (Å²) in [6, 6.07) is 9.12. The van der Waals surface area contributed by atoms with Crippen LogP contribution in [0, 0.1) is 17.2 Å². The molecule has 1 atom stereocenters. The first-order valence-corrected chi connectivity index (χ1v) is 8.63. The van der Waals surface area contributed by atoms with Crippen LogP contribution < -0.4 is 10.6 Å². The molecule has 0 saturated heterocycles. The number of carbonyl (C=O) groups is 2. The van der Waals surface area contributed by atoms with Crippen molar-refractivity contribution in [2.75, 3.05) is 13.2 Å². The summed E-state index contributed by atoms with van der Waals surface area (Å²) in [5.41, 5.74) is 1.62. The Bertz CT molecular complexity index is 591. The lowest BCUT2D eigenvalue weighted by Gasteiger charge is -2.20. The number of rotatable bonds is 9. The zero-order chi connectivity index (χ0) is 18.7. The molecule has 6 nitrogen and oxygen atoms in total. The van der Waals surface area contributed by atoms with E-state index in [0.29, 0.717) is 37.5 Å². The monoisotopic (exact) mass is 345 g/mol. The minimum absolute atomic E-state index is 0.0659. The number of amides is 2. The van der Waals surface area contributed by atoms with Gasteiger partial charge in [0.15, 0.2) is 0 Å². The van der Waals surface area contributed by atoms with Gasteiger partial charge in [-0.15, -0.1) is 0 Å². The van der Waals surface area contributed by atoms with E-state index in [1.165, 1.54) is 0 Å². The summed E-state index contributed by atoms with van der Waals surface area (Å²) in [4.78, 5) is 23.6. The van der Waals surface area contributed by atoms with Gasteiger partial charge in [-0.1, -0.05) is 26.0 Å². The van der Waals surface area contributed by atoms with E-state index in [0.717, 1.165) is 12.0 Å². The first kappa shape index (κ1) is 20.5. The maximum absolute atomic E-state index is 12.0. The van der Waals surface area contributed by atoms with Crippen LogP contribution in [0.1, 0.15) is 44.7 Å². The van der Waals surface area contributed by atoms with Crippen LogP contribution in [0.25, 0.3) is 0 Å². The average Bonchev–Trinajstić information content (AvgIpc) is 2.58. The number of nitrogens with zero attached hydrogens (tertiary/aromatic N) is 1. The Morgan fingerprint density at radius 2 is 1.92 bits per heavy atom. The third kappa shape index (κ3) is 8.75. The van der Waals surface area contributed by atoms with Crippen LogP contribution in [-0.2, 0) is 16.0 Å². The van der Waals surface area contributed by atoms with Gasteiger partial charge < -0.3 is 15.4 Å². The summed E-state index contributed by atoms with van der Waals surface area (Å²) < 4.78 is 4.90. The number of aryl methyl sites for hydroxylation is 1. The van der Waals surface area contributed by atoms with Gasteiger partial charge in [0.2, 0.25) is 5.91 Å². The fraction of sp³-hybridized carbons (Fsp3) is 0.526. The molecule has 0 aliphatic heterocycles. The number of hydrogen-bond acceptors (Lipinski definition) is 4. The van der Waals surface area contributed by atoms with Crippen LogP contribution >= 0.6 is 0 Å². The van der Waals surface area contributed by atoms with E-state index in [1.54, 1.807) is 19.1 Å². The Labute approximate surface area is 149 Å². The molecular weight excluding hydrogens is 318 g/mol. The normalized spacial score (nSPS) is 11.5. The molecule has 2 amide bonds. The number of carbonyl (C=O) groups excluding carboxylic acids is 2. The van der Waals surface area contributed by atoms with Crippen LogP contribution in [0.3, 0.4) is 0 Å². The minimum atomic E-state index is -0.458. The molecule has 0 saturated carbocycles. The zero-order valence-electron chi connectivity index (χ0n) is 15.2. The highest BCUT2D eigenvalue weighted by Crippen LogP contribution is 2.07. The SMILES string of the molecule is CCOC(=O)NC(CNC(=O)CCc1ccc(C#N)cc1)CC(C)C. The Morgan fingerprint density at radius 3 is 2.48 bits per heavy atom. The molecule has 0 spiro atoms. The predicted molar refractivity (Wildman–Crippen MR) is 95.9 cm³/mol. The molecule has 25 heavy (non-hydrogen) atoms. The summed E-state index contributed by atoms with van der Waals surface area (Å²) >= 11 is 0. The second-order valence-corrected chi connectivity index (χ2v) is 6.30. The van der Waals surface area contributed by atoms with E-state index in [1.807, 2.05) is 12.1 Å². The number of nitriles is 1. The molecule has 1 aromatic carbocycles. The minimum Gasteiger partial charge on any atom is -0.450 e. The zero-order valence-corrected chi connectivity index (χ0v) is 15.2. The van der Waals surface area contributed by atoms with Crippen molar-refractivity contribution in [3.63, 3.8) is 0 Å². The quantitative estimate of drug-likeness (QED) is 0.720. The van der Waals surface area contributed by atoms with Crippen molar-refractivity contribution >= 4 is 12.0 Å². The molecule has 136 valence electrons. The molecule has 0 fully saturated rings. The number of benzene rings is 1. The third-order valence-corrected chi connectivity index (χ3v) is 3.62. The highest BCUT2D eigenvalue weighted by molar-refractivity contribution is 5.76. The first-order chi connectivity index (χ1) is 11.9. The molecule has 0 aromatic heterocycles. The first-order valence-electron chi connectivity index (χ1n) is 8.63. The molecule has 0 bridgehead atoms. The highest BCUT2D eigenvalue weighted by Gasteiger charge is 2.15. The van der Waals surface area contributed by atoms with Gasteiger partial charge in [-0.3, -0.25) is 4.79 Å². The molecule has 2 N–H and O–H groups in total. The fourth-order valence-corrected chi connectivity index (χ4v) is 2.43. The molecule has 0 radical (unpaired) electrons. The summed E-state index contributed by atoms with van der Waals surface area (Å²) in [5, 5.41) is 14.4. The van der Waals surface area contributed by atoms with Crippen LogP contribution in [0.5, 0.6) is 0 Å². The predicted octanol–water partition coefficient (Wildman–Crippen LogP) is 2.77. The number of ether oxygens (including phenoxy) is 1. The molecular formula is C19H27N3O3. The number of alkyl carbamates (subject to hydrolysis) is 1. The fourth-order valence-electron chi connectivity index (χ4n) is 2.43. The highest BCUT2D eigenvalue weighted by atomic mass is 16.5. The van der Waals surface area contributed by atoms with Crippen molar-refractivity contribution in [3.8, 4) is 6.07 Å². The van der Waals surface area contributed by atoms with Crippen LogP contribution in [-0.4, -0.2) is 31.2 Å². The van der Waals surface area contributed by atoms with Gasteiger partial charge in [-0.05, 0) is 43.4 Å². The van der Waals surface area contributed by atoms with E-state index >= 15 is 0 Å². The van der Waals surface area contributed by atoms with Crippen LogP contribution in [0.2, 0.25) is 0 Å². The van der Waals surface area contributed by atoms with E-state index in [4.69, 9.17) is 10.00 Å². The van der Waals surface area contributed by atoms with Crippen molar-refractivity contribution in [1.29, 1.82) is 5.26 Å². The van der Waals surface area contributed by atoms with Crippen molar-refractivity contribution in [2.45, 2.75) is 46.1 Å². The largest absolute Gasteiger partial charge is 0.450 e. The lowest BCUT2D eigenvalue weighted by Crippen LogP contribution is -2.44. The summed E-state index contributed by atoms with van der Waals surface area (Å²) in [7, 11) is 0. The number of hydrogen-bond donors (Lipinski definition) is 2. The van der Waals surface area contributed by atoms with E-state index in [9.17, 15) is 9.59 Å². The summed E-state index contributed by atoms with van der Waals surface area (Å²) in [6.45, 7) is 6.57. The van der Waals surface area contributed by atoms with Gasteiger partial charge >= 0.3 is 6.09 Å². The Balaban J connectivity index is 2.41. The summed E-state index contributed by atoms with van der Waals surface area (Å²) in [5.74, 6) is 0.325. The average molecular weight is 345 g/mol. The van der Waals surface area contributed by atoms with Crippen molar-refractivity contribution < 1.29 is 14.3 Å². The lowest BCUT2D eigenvalue weighted by molar-refractivity contribution is -0.121. The Morgan fingerprint density at radius 1 is 1.24 bits per heavy atom. The van der Waals surface area contributed by atoms with Gasteiger partial charge in [0.25, 0.3) is 0 Å². The molecule has 0 aliphatic rings. The van der Waals surface area contributed by atoms with Crippen molar-refractivity contribution in [2.24, 2.45) is 5.92 Å². The van der Waals surface area contributed by atoms with Gasteiger partial charge in [-0.2, -0.15) is 5.26 Å². The smallest absolute Gasteiger partial charge is 0.407 e. The maximum Gasteiger partial charge on any atom is 0.407 e. The summed E-state index contributed by atoms with van der Waals surface area (Å²) in [6.07, 6.45) is 1.27. The molecule has 6 heteroatoms. The topological polar surface area (TPSA) is 91.2 Å². The van der Waals surface area contributed by atoms with Crippen LogP contribution in [0.15, 0.2) is 24.3 Å². The number of nitrogens with one attached hydrogen (secondary N) is 2. The van der Waals surface area contributed by atoms with Crippen molar-refractivity contribution in [1.82, 2.24) is 10.6 Å².